The maximum atomic E-state index is 13.6. The number of benzene rings is 1. The zero-order valence-corrected chi connectivity index (χ0v) is 26.4. The summed E-state index contributed by atoms with van der Waals surface area (Å²) in [5.74, 6) is -0.342. The van der Waals surface area contributed by atoms with Crippen LogP contribution in [0.3, 0.4) is 0 Å². The van der Waals surface area contributed by atoms with Crippen molar-refractivity contribution in [1.82, 2.24) is 29.4 Å². The van der Waals surface area contributed by atoms with E-state index in [1.165, 1.54) is 11.3 Å². The highest BCUT2D eigenvalue weighted by molar-refractivity contribution is 7.20. The molecule has 0 bridgehead atoms. The van der Waals surface area contributed by atoms with Gasteiger partial charge in [0.05, 0.1) is 24.4 Å². The summed E-state index contributed by atoms with van der Waals surface area (Å²) < 4.78 is 1.62. The number of nitrogens with zero attached hydrogens (tertiary/aromatic N) is 9. The Morgan fingerprint density at radius 3 is 2.55 bits per heavy atom. The molecular weight excluding hydrogens is 603 g/mol. The minimum absolute atomic E-state index is 0.00419. The highest BCUT2D eigenvalue weighted by Crippen LogP contribution is 2.38. The molecule has 0 radical (unpaired) electrons. The predicted octanol–water partition coefficient (Wildman–Crippen LogP) is 2.58. The minimum Gasteiger partial charge on any atom is -0.389 e. The third kappa shape index (κ3) is 5.23. The zero-order chi connectivity index (χ0) is 31.3. The molecule has 44 heavy (non-hydrogen) atoms. The van der Waals surface area contributed by atoms with Gasteiger partial charge in [-0.2, -0.15) is 9.78 Å². The van der Waals surface area contributed by atoms with Gasteiger partial charge in [0, 0.05) is 32.1 Å². The minimum atomic E-state index is -0.674. The fourth-order valence-corrected chi connectivity index (χ4v) is 7.21. The van der Waals surface area contributed by atoms with E-state index in [-0.39, 0.29) is 43.0 Å². The van der Waals surface area contributed by atoms with Gasteiger partial charge in [-0.1, -0.05) is 59.4 Å². The molecule has 1 atom stereocenters. The van der Waals surface area contributed by atoms with Crippen LogP contribution in [0.1, 0.15) is 35.9 Å². The smallest absolute Gasteiger partial charge is 0.253 e. The SMILES string of the molecule is CCc1nc2sc(N3C(=O)CCC(N(C)CC(=O)N4CC(O)C4)C3=O)nn2c1N(C)c1nc(-c2ccc(C)cc2)c(C#N)s1. The van der Waals surface area contributed by atoms with Crippen LogP contribution in [0.25, 0.3) is 16.2 Å². The first-order valence-corrected chi connectivity index (χ1v) is 15.9. The lowest BCUT2D eigenvalue weighted by atomic mass is 10.0. The van der Waals surface area contributed by atoms with Gasteiger partial charge in [0.25, 0.3) is 5.91 Å². The summed E-state index contributed by atoms with van der Waals surface area (Å²) >= 11 is 2.40. The van der Waals surface area contributed by atoms with E-state index < -0.39 is 18.1 Å². The number of likely N-dealkylation sites (N-methyl/N-ethyl adjacent to an activating group) is 1. The van der Waals surface area contributed by atoms with Crippen molar-refractivity contribution in [3.63, 3.8) is 0 Å². The van der Waals surface area contributed by atoms with Crippen molar-refractivity contribution in [3.8, 4) is 17.3 Å². The Kier molecular flexibility index (Phi) is 7.93. The highest BCUT2D eigenvalue weighted by atomic mass is 32.1. The number of imidazole rings is 1. The number of nitriles is 1. The number of aryl methyl sites for hydroxylation is 2. The number of rotatable bonds is 8. The van der Waals surface area contributed by atoms with Crippen LogP contribution in [0.5, 0.6) is 0 Å². The van der Waals surface area contributed by atoms with E-state index in [0.29, 0.717) is 39.3 Å². The van der Waals surface area contributed by atoms with Crippen molar-refractivity contribution in [2.75, 3.05) is 43.5 Å². The fourth-order valence-electron chi connectivity index (χ4n) is 5.42. The molecule has 0 saturated carbocycles. The monoisotopic (exact) mass is 633 g/mol. The van der Waals surface area contributed by atoms with Crippen molar-refractivity contribution >= 4 is 61.4 Å². The molecule has 0 spiro atoms. The number of piperidine rings is 1. The number of likely N-dealkylation sites (tertiary alicyclic amines) is 1. The number of hydrogen-bond acceptors (Lipinski definition) is 12. The molecule has 3 amide bonds. The van der Waals surface area contributed by atoms with Gasteiger partial charge in [-0.15, -0.1) is 5.10 Å². The number of aromatic nitrogens is 4. The first-order chi connectivity index (χ1) is 21.1. The number of carbonyl (C=O) groups is 3. The molecule has 2 aliphatic rings. The van der Waals surface area contributed by atoms with Crippen LogP contribution in [0.2, 0.25) is 0 Å². The van der Waals surface area contributed by atoms with Gasteiger partial charge in [0.2, 0.25) is 21.9 Å². The molecule has 228 valence electrons. The van der Waals surface area contributed by atoms with Gasteiger partial charge in [0.15, 0.2) is 10.9 Å². The Hall–Kier alpha value is -4.23. The van der Waals surface area contributed by atoms with Crippen molar-refractivity contribution in [3.05, 3.63) is 40.4 Å². The lowest BCUT2D eigenvalue weighted by Crippen LogP contribution is -2.59. The Labute approximate surface area is 261 Å². The predicted molar refractivity (Wildman–Crippen MR) is 166 cm³/mol. The van der Waals surface area contributed by atoms with E-state index >= 15 is 0 Å². The van der Waals surface area contributed by atoms with Gasteiger partial charge in [-0.25, -0.2) is 14.9 Å². The molecule has 2 fully saturated rings. The fraction of sp³-hybridized carbons (Fsp3) is 0.414. The number of anilines is 3. The Bertz CT molecular complexity index is 1800. The topological polar surface area (TPSA) is 151 Å². The van der Waals surface area contributed by atoms with Crippen LogP contribution >= 0.6 is 22.7 Å². The highest BCUT2D eigenvalue weighted by Gasteiger charge is 2.41. The van der Waals surface area contributed by atoms with Crippen molar-refractivity contribution < 1.29 is 19.5 Å². The molecule has 1 aromatic carbocycles. The maximum absolute atomic E-state index is 13.6. The van der Waals surface area contributed by atoms with Crippen LogP contribution in [0, 0.1) is 18.3 Å². The molecule has 4 aromatic rings. The van der Waals surface area contributed by atoms with E-state index in [9.17, 15) is 24.8 Å². The second-order valence-electron chi connectivity index (χ2n) is 11.0. The van der Waals surface area contributed by atoms with Gasteiger partial charge in [-0.05, 0) is 26.8 Å². The van der Waals surface area contributed by atoms with Crippen LogP contribution in [-0.2, 0) is 20.8 Å². The number of carbonyl (C=O) groups excluding carboxylic acids is 3. The normalized spacial score (nSPS) is 17.4. The van der Waals surface area contributed by atoms with Crippen molar-refractivity contribution in [2.45, 2.75) is 45.3 Å². The molecule has 5 heterocycles. The number of fused-ring (bicyclic) bond motifs is 1. The summed E-state index contributed by atoms with van der Waals surface area (Å²) in [6, 6.07) is 9.43. The second kappa shape index (κ2) is 11.7. The molecule has 6 rings (SSSR count). The first-order valence-electron chi connectivity index (χ1n) is 14.2. The van der Waals surface area contributed by atoms with E-state index in [1.807, 2.05) is 50.1 Å². The lowest BCUT2D eigenvalue weighted by Gasteiger charge is -2.38. The molecule has 13 nitrogen and oxygen atoms in total. The molecular formula is C29H31N9O4S2. The van der Waals surface area contributed by atoms with Crippen LogP contribution in [0.15, 0.2) is 24.3 Å². The number of imide groups is 1. The van der Waals surface area contributed by atoms with Crippen LogP contribution in [-0.4, -0.2) is 98.1 Å². The molecule has 1 unspecified atom stereocenters. The summed E-state index contributed by atoms with van der Waals surface area (Å²) in [6.07, 6.45) is 0.521. The van der Waals surface area contributed by atoms with E-state index in [1.54, 1.807) is 21.4 Å². The molecule has 15 heteroatoms. The Morgan fingerprint density at radius 1 is 1.16 bits per heavy atom. The summed E-state index contributed by atoms with van der Waals surface area (Å²) in [5.41, 5.74) is 3.31. The second-order valence-corrected chi connectivity index (χ2v) is 12.9. The van der Waals surface area contributed by atoms with Crippen molar-refractivity contribution in [2.24, 2.45) is 0 Å². The number of β-amino-alcohol motifs (C(OH)–C–C–N with tert-alkyl or cyclic N) is 1. The van der Waals surface area contributed by atoms with Gasteiger partial charge in [-0.3, -0.25) is 19.3 Å². The molecule has 0 aliphatic carbocycles. The molecule has 1 N–H and O–H groups in total. The summed E-state index contributed by atoms with van der Waals surface area (Å²) in [6.45, 7) is 4.56. The van der Waals surface area contributed by atoms with Crippen molar-refractivity contribution in [1.29, 1.82) is 5.26 Å². The number of amides is 3. The quantitative estimate of drug-likeness (QED) is 0.287. The summed E-state index contributed by atoms with van der Waals surface area (Å²) in [5, 5.41) is 24.8. The summed E-state index contributed by atoms with van der Waals surface area (Å²) in [4.78, 5) is 56.0. The zero-order valence-electron chi connectivity index (χ0n) is 24.7. The van der Waals surface area contributed by atoms with Gasteiger partial charge < -0.3 is 14.9 Å². The van der Waals surface area contributed by atoms with Crippen LogP contribution in [0.4, 0.5) is 16.1 Å². The maximum Gasteiger partial charge on any atom is 0.253 e. The standard InChI is InChI=1S/C29H31N9O4S2/c1-5-19-25(35(4)27-32-24(21(12-30)43-27)17-8-6-16(2)7-9-17)38-28(31-19)44-29(33-38)37-22(40)11-10-20(26(37)42)34(3)15-23(41)36-13-18(39)14-36/h6-9,18,20,39H,5,10-11,13-15H2,1-4H3. The van der Waals surface area contributed by atoms with E-state index in [2.05, 4.69) is 11.2 Å². The third-order valence-corrected chi connectivity index (χ3v) is 9.86. The largest absolute Gasteiger partial charge is 0.389 e. The van der Waals surface area contributed by atoms with E-state index in [4.69, 9.17) is 9.97 Å². The number of aliphatic hydroxyl groups is 1. The average molecular weight is 634 g/mol. The Balaban J connectivity index is 1.29. The number of thiazole rings is 1. The average Bonchev–Trinajstić information content (AvgIpc) is 3.68. The Morgan fingerprint density at radius 2 is 1.89 bits per heavy atom. The van der Waals surface area contributed by atoms with Gasteiger partial charge in [0.1, 0.15) is 16.6 Å². The number of aliphatic hydroxyl groups excluding tert-OH is 1. The number of hydrogen-bond donors (Lipinski definition) is 1. The van der Waals surface area contributed by atoms with Gasteiger partial charge >= 0.3 is 0 Å². The lowest BCUT2D eigenvalue weighted by molar-refractivity contribution is -0.143. The molecule has 3 aromatic heterocycles. The van der Waals surface area contributed by atoms with Crippen LogP contribution < -0.4 is 9.80 Å². The third-order valence-electron chi connectivity index (χ3n) is 7.93. The first kappa shape index (κ1) is 29.8. The molecule has 2 saturated heterocycles. The van der Waals surface area contributed by atoms with E-state index in [0.717, 1.165) is 33.1 Å². The molecule has 2 aliphatic heterocycles. The summed E-state index contributed by atoms with van der Waals surface area (Å²) in [7, 11) is 3.52.